The molecule has 1 aliphatic rings. The molecule has 1 atom stereocenters. The molecule has 1 saturated heterocycles. The number of nitrogens with one attached hydrogen (secondary N) is 1. The summed E-state index contributed by atoms with van der Waals surface area (Å²) in [6.45, 7) is 2.54. The predicted molar refractivity (Wildman–Crippen MR) is 78.4 cm³/mol. The maximum Gasteiger partial charge on any atom is 0.311 e. The molecule has 6 heteroatoms. The molecule has 1 aromatic rings. The second kappa shape index (κ2) is 6.03. The second-order valence-electron chi connectivity index (χ2n) is 5.48. The highest BCUT2D eigenvalue weighted by Crippen LogP contribution is 2.30. The van der Waals surface area contributed by atoms with Crippen molar-refractivity contribution < 1.29 is 19.4 Å². The first-order valence-corrected chi connectivity index (χ1v) is 6.84. The van der Waals surface area contributed by atoms with Gasteiger partial charge in [0.2, 0.25) is 5.91 Å². The molecule has 0 saturated carbocycles. The van der Waals surface area contributed by atoms with E-state index < -0.39 is 11.4 Å². The van der Waals surface area contributed by atoms with E-state index in [0.717, 1.165) is 5.69 Å². The van der Waals surface area contributed by atoms with Crippen LogP contribution in [-0.2, 0) is 9.59 Å². The van der Waals surface area contributed by atoms with Crippen LogP contribution in [0.5, 0.6) is 5.75 Å². The lowest BCUT2D eigenvalue weighted by atomic mass is 9.90. The van der Waals surface area contributed by atoms with E-state index in [1.54, 1.807) is 18.9 Å². The minimum atomic E-state index is -0.851. The van der Waals surface area contributed by atoms with Crippen molar-refractivity contribution in [2.45, 2.75) is 13.3 Å². The highest BCUT2D eigenvalue weighted by molar-refractivity contribution is 5.83. The van der Waals surface area contributed by atoms with Gasteiger partial charge in [-0.15, -0.1) is 0 Å². The van der Waals surface area contributed by atoms with Crippen molar-refractivity contribution in [2.75, 3.05) is 32.1 Å². The van der Waals surface area contributed by atoms with E-state index in [1.807, 2.05) is 24.3 Å². The van der Waals surface area contributed by atoms with Crippen molar-refractivity contribution in [1.82, 2.24) is 4.90 Å². The molecule has 21 heavy (non-hydrogen) atoms. The van der Waals surface area contributed by atoms with Gasteiger partial charge in [0.1, 0.15) is 5.75 Å². The summed E-state index contributed by atoms with van der Waals surface area (Å²) in [5, 5.41) is 12.2. The number of methoxy groups -OCH3 is 1. The van der Waals surface area contributed by atoms with Gasteiger partial charge in [-0.2, -0.15) is 0 Å². The number of anilines is 1. The zero-order chi connectivity index (χ0) is 15.5. The van der Waals surface area contributed by atoms with E-state index in [1.165, 1.54) is 0 Å². The fraction of sp³-hybridized carbons (Fsp3) is 0.467. The molecule has 114 valence electrons. The first kappa shape index (κ1) is 15.2. The first-order valence-electron chi connectivity index (χ1n) is 6.84. The van der Waals surface area contributed by atoms with E-state index in [9.17, 15) is 14.7 Å². The topological polar surface area (TPSA) is 78.9 Å². The molecular weight excluding hydrogens is 272 g/mol. The van der Waals surface area contributed by atoms with Gasteiger partial charge in [0, 0.05) is 13.1 Å². The number of hydrogen-bond acceptors (Lipinski definition) is 4. The molecule has 0 aliphatic carbocycles. The Morgan fingerprint density at radius 2 is 2.14 bits per heavy atom. The molecule has 1 aliphatic heterocycles. The van der Waals surface area contributed by atoms with Gasteiger partial charge in [-0.25, -0.2) is 0 Å². The van der Waals surface area contributed by atoms with Crippen molar-refractivity contribution in [3.05, 3.63) is 24.3 Å². The van der Waals surface area contributed by atoms with E-state index >= 15 is 0 Å². The van der Waals surface area contributed by atoms with Crippen LogP contribution in [0.2, 0.25) is 0 Å². The second-order valence-corrected chi connectivity index (χ2v) is 5.48. The quantitative estimate of drug-likeness (QED) is 0.858. The number of aliphatic carboxylic acids is 1. The smallest absolute Gasteiger partial charge is 0.311 e. The predicted octanol–water partition coefficient (Wildman–Crippen LogP) is 1.43. The van der Waals surface area contributed by atoms with E-state index in [2.05, 4.69) is 5.32 Å². The highest BCUT2D eigenvalue weighted by atomic mass is 16.5. The van der Waals surface area contributed by atoms with Gasteiger partial charge in [0.25, 0.3) is 0 Å². The summed E-state index contributed by atoms with van der Waals surface area (Å²) in [6.07, 6.45) is 0.489. The average molecular weight is 292 g/mol. The standard InChI is InChI=1S/C15H20N2O4/c1-15(14(19)20)7-8-17(10-15)13(18)9-16-11-5-3-4-6-12(11)21-2/h3-6,16H,7-10H2,1-2H3,(H,19,20). The van der Waals surface area contributed by atoms with Crippen LogP contribution in [0.1, 0.15) is 13.3 Å². The minimum Gasteiger partial charge on any atom is -0.495 e. The van der Waals surface area contributed by atoms with Crippen LogP contribution in [0.25, 0.3) is 0 Å². The fourth-order valence-electron chi connectivity index (χ4n) is 2.42. The molecule has 0 spiro atoms. The van der Waals surface area contributed by atoms with Gasteiger partial charge in [-0.05, 0) is 25.5 Å². The van der Waals surface area contributed by atoms with Gasteiger partial charge in [0.15, 0.2) is 0 Å². The number of nitrogens with zero attached hydrogens (tertiary/aromatic N) is 1. The Bertz CT molecular complexity index is 546. The molecule has 1 unspecified atom stereocenters. The summed E-state index contributed by atoms with van der Waals surface area (Å²) in [4.78, 5) is 24.9. The zero-order valence-corrected chi connectivity index (χ0v) is 12.3. The highest BCUT2D eigenvalue weighted by Gasteiger charge is 2.41. The van der Waals surface area contributed by atoms with Crippen LogP contribution >= 0.6 is 0 Å². The monoisotopic (exact) mass is 292 g/mol. The summed E-state index contributed by atoms with van der Waals surface area (Å²) < 4.78 is 5.20. The SMILES string of the molecule is COc1ccccc1NCC(=O)N1CCC(C)(C(=O)O)C1. The molecular formula is C15H20N2O4. The number of hydrogen-bond donors (Lipinski definition) is 2. The molecule has 1 aromatic carbocycles. The van der Waals surface area contributed by atoms with Crippen LogP contribution in [0, 0.1) is 5.41 Å². The number of benzene rings is 1. The third-order valence-electron chi connectivity index (χ3n) is 3.88. The average Bonchev–Trinajstić information content (AvgIpc) is 2.89. The number of carboxylic acids is 1. The molecule has 2 rings (SSSR count). The van der Waals surface area contributed by atoms with Crippen molar-refractivity contribution in [1.29, 1.82) is 0 Å². The molecule has 0 aromatic heterocycles. The van der Waals surface area contributed by atoms with Crippen molar-refractivity contribution in [3.8, 4) is 5.75 Å². The van der Waals surface area contributed by atoms with E-state index in [4.69, 9.17) is 4.74 Å². The van der Waals surface area contributed by atoms with Crippen LogP contribution in [0.15, 0.2) is 24.3 Å². The van der Waals surface area contributed by atoms with E-state index in [-0.39, 0.29) is 19.0 Å². The summed E-state index contributed by atoms with van der Waals surface area (Å²) in [5.74, 6) is -0.288. The van der Waals surface area contributed by atoms with Gasteiger partial charge in [-0.1, -0.05) is 12.1 Å². The molecule has 2 N–H and O–H groups in total. The molecule has 1 amide bonds. The van der Waals surface area contributed by atoms with Crippen molar-refractivity contribution in [3.63, 3.8) is 0 Å². The van der Waals surface area contributed by atoms with Gasteiger partial charge in [-0.3, -0.25) is 9.59 Å². The van der Waals surface area contributed by atoms with E-state index in [0.29, 0.717) is 18.7 Å². The number of carbonyl (C=O) groups excluding carboxylic acids is 1. The fourth-order valence-corrected chi connectivity index (χ4v) is 2.42. The third kappa shape index (κ3) is 3.26. The largest absolute Gasteiger partial charge is 0.495 e. The number of likely N-dealkylation sites (tertiary alicyclic amines) is 1. The summed E-state index contributed by atoms with van der Waals surface area (Å²) in [5.41, 5.74) is -0.0892. The molecule has 1 fully saturated rings. The number of rotatable bonds is 5. The number of para-hydroxylation sites is 2. The Morgan fingerprint density at radius 3 is 2.76 bits per heavy atom. The van der Waals surface area contributed by atoms with Gasteiger partial charge >= 0.3 is 5.97 Å². The Kier molecular flexibility index (Phi) is 4.35. The van der Waals surface area contributed by atoms with Crippen LogP contribution in [0.3, 0.4) is 0 Å². The Balaban J connectivity index is 1.93. The summed E-state index contributed by atoms with van der Waals surface area (Å²) >= 11 is 0. The summed E-state index contributed by atoms with van der Waals surface area (Å²) in [6, 6.07) is 7.35. The zero-order valence-electron chi connectivity index (χ0n) is 12.3. The Labute approximate surface area is 123 Å². The van der Waals surface area contributed by atoms with Crippen LogP contribution in [0.4, 0.5) is 5.69 Å². The van der Waals surface area contributed by atoms with Crippen LogP contribution < -0.4 is 10.1 Å². The molecule has 0 radical (unpaired) electrons. The maximum absolute atomic E-state index is 12.2. The van der Waals surface area contributed by atoms with Gasteiger partial charge in [0.05, 0.1) is 24.8 Å². The van der Waals surface area contributed by atoms with Crippen LogP contribution in [-0.4, -0.2) is 48.6 Å². The number of carbonyl (C=O) groups is 2. The molecule has 0 bridgehead atoms. The van der Waals surface area contributed by atoms with Crippen molar-refractivity contribution in [2.24, 2.45) is 5.41 Å². The number of carboxylic acid groups (broad SMARTS) is 1. The lowest BCUT2D eigenvalue weighted by molar-refractivity contribution is -0.147. The lowest BCUT2D eigenvalue weighted by Gasteiger charge is -2.20. The normalized spacial score (nSPS) is 21.1. The minimum absolute atomic E-state index is 0.106. The molecule has 1 heterocycles. The van der Waals surface area contributed by atoms with Crippen molar-refractivity contribution >= 4 is 17.6 Å². The van der Waals surface area contributed by atoms with Gasteiger partial charge < -0.3 is 20.1 Å². The Hall–Kier alpha value is -2.24. The lowest BCUT2D eigenvalue weighted by Crippen LogP contribution is -2.37. The maximum atomic E-state index is 12.2. The first-order chi connectivity index (χ1) is 9.96. The third-order valence-corrected chi connectivity index (χ3v) is 3.88. The molecule has 6 nitrogen and oxygen atoms in total. The Morgan fingerprint density at radius 1 is 1.43 bits per heavy atom. The summed E-state index contributed by atoms with van der Waals surface area (Å²) in [7, 11) is 1.57. The number of ether oxygens (including phenoxy) is 1. The number of amides is 1.